The number of carbonyl (C=O) groups is 1. The Labute approximate surface area is 117 Å². The number of amides is 1. The van der Waals surface area contributed by atoms with Gasteiger partial charge in [-0.25, -0.2) is 0 Å². The highest BCUT2D eigenvalue weighted by atomic mass is 16.5. The van der Waals surface area contributed by atoms with E-state index < -0.39 is 0 Å². The Morgan fingerprint density at radius 3 is 2.60 bits per heavy atom. The lowest BCUT2D eigenvalue weighted by Crippen LogP contribution is -2.11. The van der Waals surface area contributed by atoms with E-state index in [9.17, 15) is 4.79 Å². The summed E-state index contributed by atoms with van der Waals surface area (Å²) >= 11 is 0. The molecule has 5 nitrogen and oxygen atoms in total. The number of aryl methyl sites for hydroxylation is 1. The molecule has 0 fully saturated rings. The van der Waals surface area contributed by atoms with Crippen molar-refractivity contribution in [2.24, 2.45) is 5.73 Å². The first kappa shape index (κ1) is 14.1. The fraction of sp³-hybridized carbons (Fsp3) is 0.267. The molecule has 3 N–H and O–H groups in total. The fourth-order valence-corrected chi connectivity index (χ4v) is 1.69. The van der Waals surface area contributed by atoms with Crippen LogP contribution in [-0.4, -0.2) is 19.1 Å². The van der Waals surface area contributed by atoms with Crippen LogP contribution in [0.5, 0.6) is 5.75 Å². The molecule has 1 aromatic carbocycles. The van der Waals surface area contributed by atoms with Gasteiger partial charge in [-0.05, 0) is 36.4 Å². The van der Waals surface area contributed by atoms with Gasteiger partial charge in [0.2, 0.25) is 0 Å². The van der Waals surface area contributed by atoms with E-state index in [0.717, 1.165) is 17.9 Å². The van der Waals surface area contributed by atoms with E-state index in [1.807, 2.05) is 6.92 Å². The van der Waals surface area contributed by atoms with Crippen LogP contribution in [0, 0.1) is 0 Å². The normalized spacial score (nSPS) is 10.3. The van der Waals surface area contributed by atoms with Crippen LogP contribution < -0.4 is 15.8 Å². The summed E-state index contributed by atoms with van der Waals surface area (Å²) in [7, 11) is 0. The van der Waals surface area contributed by atoms with E-state index in [2.05, 4.69) is 5.32 Å². The number of ether oxygens (including phenoxy) is 1. The highest BCUT2D eigenvalue weighted by Crippen LogP contribution is 2.17. The van der Waals surface area contributed by atoms with Gasteiger partial charge in [0.1, 0.15) is 18.1 Å². The van der Waals surface area contributed by atoms with Gasteiger partial charge in [-0.1, -0.05) is 6.92 Å². The van der Waals surface area contributed by atoms with Crippen LogP contribution in [0.4, 0.5) is 5.69 Å². The number of carbonyl (C=O) groups excluding carboxylic acids is 1. The van der Waals surface area contributed by atoms with Gasteiger partial charge < -0.3 is 20.2 Å². The van der Waals surface area contributed by atoms with Crippen molar-refractivity contribution < 1.29 is 13.9 Å². The van der Waals surface area contributed by atoms with Gasteiger partial charge >= 0.3 is 0 Å². The Kier molecular flexibility index (Phi) is 4.79. The predicted octanol–water partition coefficient (Wildman–Crippen LogP) is 2.43. The van der Waals surface area contributed by atoms with Gasteiger partial charge in [0, 0.05) is 18.7 Å². The third-order valence-electron chi connectivity index (χ3n) is 2.73. The van der Waals surface area contributed by atoms with Gasteiger partial charge in [0.25, 0.3) is 5.91 Å². The first-order valence-corrected chi connectivity index (χ1v) is 6.56. The summed E-state index contributed by atoms with van der Waals surface area (Å²) in [5.74, 6) is 1.56. The molecule has 1 heterocycles. The zero-order valence-corrected chi connectivity index (χ0v) is 11.4. The molecule has 0 atom stereocenters. The Hall–Kier alpha value is -2.27. The molecule has 2 rings (SSSR count). The molecule has 0 unspecified atom stereocenters. The second-order valence-corrected chi connectivity index (χ2v) is 4.24. The summed E-state index contributed by atoms with van der Waals surface area (Å²) in [4.78, 5) is 11.9. The number of anilines is 1. The molecule has 0 aliphatic rings. The fourth-order valence-electron chi connectivity index (χ4n) is 1.69. The summed E-state index contributed by atoms with van der Waals surface area (Å²) in [6.45, 7) is 2.91. The van der Waals surface area contributed by atoms with Crippen LogP contribution in [0.15, 0.2) is 40.8 Å². The van der Waals surface area contributed by atoms with Crippen molar-refractivity contribution in [2.75, 3.05) is 18.5 Å². The minimum atomic E-state index is -0.264. The summed E-state index contributed by atoms with van der Waals surface area (Å²) in [6.07, 6.45) is 0.764. The van der Waals surface area contributed by atoms with E-state index >= 15 is 0 Å². The number of hydrogen-bond donors (Lipinski definition) is 2. The molecule has 5 heteroatoms. The van der Waals surface area contributed by atoms with Crippen molar-refractivity contribution in [3.8, 4) is 5.75 Å². The molecular weight excluding hydrogens is 256 g/mol. The SMILES string of the molecule is CCc1ccc(C(=O)Nc2ccc(OCCN)cc2)o1. The van der Waals surface area contributed by atoms with Gasteiger partial charge in [0.15, 0.2) is 5.76 Å². The lowest BCUT2D eigenvalue weighted by molar-refractivity contribution is 0.0995. The van der Waals surface area contributed by atoms with Crippen molar-refractivity contribution in [3.63, 3.8) is 0 Å². The first-order valence-electron chi connectivity index (χ1n) is 6.56. The van der Waals surface area contributed by atoms with Crippen LogP contribution in [0.2, 0.25) is 0 Å². The minimum absolute atomic E-state index is 0.264. The van der Waals surface area contributed by atoms with Gasteiger partial charge in [-0.3, -0.25) is 4.79 Å². The zero-order chi connectivity index (χ0) is 14.4. The van der Waals surface area contributed by atoms with Crippen molar-refractivity contribution in [1.82, 2.24) is 0 Å². The van der Waals surface area contributed by atoms with E-state index in [1.165, 1.54) is 0 Å². The van der Waals surface area contributed by atoms with Gasteiger partial charge in [-0.2, -0.15) is 0 Å². The average Bonchev–Trinajstić information content (AvgIpc) is 2.95. The smallest absolute Gasteiger partial charge is 0.291 e. The molecular formula is C15H18N2O3. The molecule has 1 aromatic heterocycles. The standard InChI is InChI=1S/C15H18N2O3/c1-2-12-7-8-14(20-12)15(18)17-11-3-5-13(6-4-11)19-10-9-16/h3-8H,2,9-10,16H2,1H3,(H,17,18). The van der Waals surface area contributed by atoms with E-state index in [-0.39, 0.29) is 5.91 Å². The molecule has 0 aliphatic heterocycles. The second kappa shape index (κ2) is 6.77. The lowest BCUT2D eigenvalue weighted by atomic mass is 10.3. The van der Waals surface area contributed by atoms with E-state index in [1.54, 1.807) is 36.4 Å². The quantitative estimate of drug-likeness (QED) is 0.848. The van der Waals surface area contributed by atoms with E-state index in [0.29, 0.717) is 24.6 Å². The predicted molar refractivity (Wildman–Crippen MR) is 77.0 cm³/mol. The monoisotopic (exact) mass is 274 g/mol. The van der Waals surface area contributed by atoms with Crippen molar-refractivity contribution in [3.05, 3.63) is 47.9 Å². The van der Waals surface area contributed by atoms with Crippen molar-refractivity contribution in [1.29, 1.82) is 0 Å². The van der Waals surface area contributed by atoms with Crippen LogP contribution in [0.1, 0.15) is 23.2 Å². The number of nitrogens with two attached hydrogens (primary N) is 1. The van der Waals surface area contributed by atoms with Crippen LogP contribution in [-0.2, 0) is 6.42 Å². The van der Waals surface area contributed by atoms with Gasteiger partial charge in [0.05, 0.1) is 0 Å². The third-order valence-corrected chi connectivity index (χ3v) is 2.73. The molecule has 106 valence electrons. The Bertz CT molecular complexity index is 561. The number of furan rings is 1. The minimum Gasteiger partial charge on any atom is -0.492 e. The first-order chi connectivity index (χ1) is 9.72. The second-order valence-electron chi connectivity index (χ2n) is 4.24. The van der Waals surface area contributed by atoms with Gasteiger partial charge in [-0.15, -0.1) is 0 Å². The lowest BCUT2D eigenvalue weighted by Gasteiger charge is -2.06. The topological polar surface area (TPSA) is 77.5 Å². The molecule has 0 saturated carbocycles. The largest absolute Gasteiger partial charge is 0.492 e. The Morgan fingerprint density at radius 1 is 1.25 bits per heavy atom. The maximum Gasteiger partial charge on any atom is 0.291 e. The maximum atomic E-state index is 11.9. The molecule has 0 bridgehead atoms. The maximum absolute atomic E-state index is 11.9. The number of rotatable bonds is 6. The highest BCUT2D eigenvalue weighted by molar-refractivity contribution is 6.02. The number of nitrogens with one attached hydrogen (secondary N) is 1. The molecule has 2 aromatic rings. The molecule has 0 saturated heterocycles. The summed E-state index contributed by atoms with van der Waals surface area (Å²) in [5, 5.41) is 2.77. The molecule has 0 radical (unpaired) electrons. The molecule has 0 spiro atoms. The van der Waals surface area contributed by atoms with Crippen LogP contribution in [0.3, 0.4) is 0 Å². The molecule has 20 heavy (non-hydrogen) atoms. The Morgan fingerprint density at radius 2 is 2.00 bits per heavy atom. The number of benzene rings is 1. The molecule has 1 amide bonds. The zero-order valence-electron chi connectivity index (χ0n) is 11.4. The highest BCUT2D eigenvalue weighted by Gasteiger charge is 2.10. The summed E-state index contributed by atoms with van der Waals surface area (Å²) in [5.41, 5.74) is 6.04. The summed E-state index contributed by atoms with van der Waals surface area (Å²) < 4.78 is 10.8. The number of hydrogen-bond acceptors (Lipinski definition) is 4. The van der Waals surface area contributed by atoms with Crippen LogP contribution in [0.25, 0.3) is 0 Å². The van der Waals surface area contributed by atoms with Crippen molar-refractivity contribution >= 4 is 11.6 Å². The molecule has 0 aliphatic carbocycles. The average molecular weight is 274 g/mol. The third kappa shape index (κ3) is 3.61. The van der Waals surface area contributed by atoms with Crippen molar-refractivity contribution in [2.45, 2.75) is 13.3 Å². The van der Waals surface area contributed by atoms with E-state index in [4.69, 9.17) is 14.9 Å². The summed E-state index contributed by atoms with van der Waals surface area (Å²) in [6, 6.07) is 10.6. The Balaban J connectivity index is 1.97. The van der Waals surface area contributed by atoms with Crippen LogP contribution >= 0.6 is 0 Å².